The van der Waals surface area contributed by atoms with Crippen LogP contribution in [0.3, 0.4) is 0 Å². The summed E-state index contributed by atoms with van der Waals surface area (Å²) >= 11 is 5.44. The normalized spacial score (nSPS) is 15.1. The Kier molecular flexibility index (Phi) is 5.61. The number of fused-ring (bicyclic) bond motifs is 2. The maximum absolute atomic E-state index is 12.9. The molecule has 4 rings (SSSR count). The molecule has 8 heteroatoms. The van der Waals surface area contributed by atoms with Crippen LogP contribution < -0.4 is 0 Å². The Balaban J connectivity index is 1.69. The quantitative estimate of drug-likeness (QED) is 0.552. The molecule has 29 heavy (non-hydrogen) atoms. The van der Waals surface area contributed by atoms with Crippen molar-refractivity contribution in [3.63, 3.8) is 0 Å². The maximum Gasteiger partial charge on any atom is 0.270 e. The molecule has 1 aromatic heterocycles. The molecule has 1 aliphatic rings. The van der Waals surface area contributed by atoms with Gasteiger partial charge in [-0.2, -0.15) is 4.31 Å². The lowest BCUT2D eigenvalue weighted by atomic mass is 10.0. The highest BCUT2D eigenvalue weighted by atomic mass is 32.2. The molecule has 154 valence electrons. The first-order chi connectivity index (χ1) is 13.9. The molecule has 1 aliphatic heterocycles. The Bertz CT molecular complexity index is 1190. The number of benzene rings is 2. The standard InChI is InChI=1S/C21H25N3O3S2/c1-3-23(4-2)29(25,26)18-9-10-20-19(13-18)24(21(28)27-20)15-22-12-11-16-7-5-6-8-17(16)14-22/h5-10,13H,3-4,11-12,14-15H2,1-2H3. The molecular weight excluding hydrogens is 406 g/mol. The molecular formula is C21H25N3O3S2. The van der Waals surface area contributed by atoms with Gasteiger partial charge in [0.15, 0.2) is 5.58 Å². The van der Waals surface area contributed by atoms with Gasteiger partial charge in [-0.25, -0.2) is 8.42 Å². The fourth-order valence-electron chi connectivity index (χ4n) is 3.92. The molecule has 0 saturated carbocycles. The van der Waals surface area contributed by atoms with E-state index in [9.17, 15) is 8.42 Å². The maximum atomic E-state index is 12.9. The van der Waals surface area contributed by atoms with Gasteiger partial charge in [0.05, 0.1) is 17.1 Å². The third kappa shape index (κ3) is 3.77. The molecule has 2 heterocycles. The summed E-state index contributed by atoms with van der Waals surface area (Å²) < 4.78 is 34.9. The second-order valence-electron chi connectivity index (χ2n) is 7.23. The molecule has 6 nitrogen and oxygen atoms in total. The molecule has 0 aliphatic carbocycles. The van der Waals surface area contributed by atoms with Crippen LogP contribution in [0.5, 0.6) is 0 Å². The van der Waals surface area contributed by atoms with Crippen molar-refractivity contribution in [1.29, 1.82) is 0 Å². The Hall–Kier alpha value is -2.00. The minimum atomic E-state index is -3.54. The molecule has 2 aromatic carbocycles. The van der Waals surface area contributed by atoms with Crippen molar-refractivity contribution in [3.8, 4) is 0 Å². The van der Waals surface area contributed by atoms with Crippen molar-refractivity contribution >= 4 is 33.3 Å². The van der Waals surface area contributed by atoms with Gasteiger partial charge in [-0.1, -0.05) is 38.1 Å². The summed E-state index contributed by atoms with van der Waals surface area (Å²) in [5.41, 5.74) is 4.02. The highest BCUT2D eigenvalue weighted by Gasteiger charge is 2.24. The summed E-state index contributed by atoms with van der Waals surface area (Å²) in [6.07, 6.45) is 0.987. The average Bonchev–Trinajstić information content (AvgIpc) is 3.03. The van der Waals surface area contributed by atoms with Crippen LogP contribution >= 0.6 is 12.2 Å². The van der Waals surface area contributed by atoms with Crippen molar-refractivity contribution in [1.82, 2.24) is 13.8 Å². The molecule has 0 radical (unpaired) electrons. The number of aromatic nitrogens is 1. The van der Waals surface area contributed by atoms with Crippen LogP contribution in [-0.4, -0.2) is 41.8 Å². The molecule has 0 fully saturated rings. The van der Waals surface area contributed by atoms with E-state index in [-0.39, 0.29) is 4.90 Å². The van der Waals surface area contributed by atoms with Crippen LogP contribution in [0.25, 0.3) is 11.1 Å². The molecule has 0 amide bonds. The summed E-state index contributed by atoms with van der Waals surface area (Å²) in [4.78, 5) is 2.93. The predicted molar refractivity (Wildman–Crippen MR) is 116 cm³/mol. The first kappa shape index (κ1) is 20.3. The summed E-state index contributed by atoms with van der Waals surface area (Å²) in [5.74, 6) is 0. The Labute approximate surface area is 176 Å². The lowest BCUT2D eigenvalue weighted by molar-refractivity contribution is 0.198. The Morgan fingerprint density at radius 2 is 1.83 bits per heavy atom. The van der Waals surface area contributed by atoms with Crippen LogP contribution in [0.2, 0.25) is 0 Å². The first-order valence-corrected chi connectivity index (χ1v) is 11.7. The van der Waals surface area contributed by atoms with Gasteiger partial charge in [0.25, 0.3) is 4.84 Å². The van der Waals surface area contributed by atoms with Crippen molar-refractivity contribution < 1.29 is 12.8 Å². The van der Waals surface area contributed by atoms with E-state index in [1.54, 1.807) is 18.2 Å². The van der Waals surface area contributed by atoms with Crippen LogP contribution in [0.4, 0.5) is 0 Å². The SMILES string of the molecule is CCN(CC)S(=O)(=O)c1ccc2oc(=S)n(CN3CCc4ccccc4C3)c2c1. The fraction of sp³-hybridized carbons (Fsp3) is 0.381. The summed E-state index contributed by atoms with van der Waals surface area (Å²) in [6.45, 7) is 6.86. The van der Waals surface area contributed by atoms with Gasteiger partial charge in [-0.3, -0.25) is 9.47 Å². The zero-order valence-corrected chi connectivity index (χ0v) is 18.3. The van der Waals surface area contributed by atoms with Gasteiger partial charge in [-0.05, 0) is 48.0 Å². The van der Waals surface area contributed by atoms with Gasteiger partial charge in [0, 0.05) is 26.2 Å². The van der Waals surface area contributed by atoms with Crippen LogP contribution in [0.1, 0.15) is 25.0 Å². The first-order valence-electron chi connectivity index (χ1n) is 9.86. The van der Waals surface area contributed by atoms with Crippen molar-refractivity contribution in [2.75, 3.05) is 19.6 Å². The van der Waals surface area contributed by atoms with Gasteiger partial charge >= 0.3 is 0 Å². The van der Waals surface area contributed by atoms with Crippen molar-refractivity contribution in [2.45, 2.75) is 38.4 Å². The molecule has 0 unspecified atom stereocenters. The number of nitrogens with zero attached hydrogens (tertiary/aromatic N) is 3. The summed E-state index contributed by atoms with van der Waals surface area (Å²) in [7, 11) is -3.54. The van der Waals surface area contributed by atoms with E-state index in [1.807, 2.05) is 18.4 Å². The average molecular weight is 432 g/mol. The van der Waals surface area contributed by atoms with Gasteiger partial charge in [0.1, 0.15) is 0 Å². The van der Waals surface area contributed by atoms with Crippen molar-refractivity contribution in [2.24, 2.45) is 0 Å². The molecule has 0 spiro atoms. The van der Waals surface area contributed by atoms with E-state index in [0.717, 1.165) is 19.5 Å². The summed E-state index contributed by atoms with van der Waals surface area (Å²) in [5, 5.41) is 0. The largest absolute Gasteiger partial charge is 0.429 e. The number of hydrogen-bond donors (Lipinski definition) is 0. The Morgan fingerprint density at radius 3 is 2.55 bits per heavy atom. The number of sulfonamides is 1. The smallest absolute Gasteiger partial charge is 0.270 e. The topological polar surface area (TPSA) is 58.7 Å². The third-order valence-corrected chi connectivity index (χ3v) is 7.88. The monoisotopic (exact) mass is 431 g/mol. The minimum absolute atomic E-state index is 0.266. The molecule has 0 saturated heterocycles. The van der Waals surface area contributed by atoms with E-state index in [2.05, 4.69) is 29.2 Å². The Morgan fingerprint density at radius 1 is 1.10 bits per heavy atom. The molecule has 0 N–H and O–H groups in total. The highest BCUT2D eigenvalue weighted by Crippen LogP contribution is 2.26. The fourth-order valence-corrected chi connectivity index (χ4v) is 5.65. The van der Waals surface area contributed by atoms with E-state index in [0.29, 0.717) is 35.7 Å². The van der Waals surface area contributed by atoms with E-state index >= 15 is 0 Å². The zero-order valence-electron chi connectivity index (χ0n) is 16.7. The zero-order chi connectivity index (χ0) is 20.6. The molecule has 0 bridgehead atoms. The summed E-state index contributed by atoms with van der Waals surface area (Å²) in [6, 6.07) is 13.4. The van der Waals surface area contributed by atoms with E-state index in [4.69, 9.17) is 16.6 Å². The van der Waals surface area contributed by atoms with Crippen LogP contribution in [0.15, 0.2) is 51.8 Å². The number of rotatable bonds is 6. The highest BCUT2D eigenvalue weighted by molar-refractivity contribution is 7.89. The van der Waals surface area contributed by atoms with Crippen molar-refractivity contribution in [3.05, 3.63) is 58.4 Å². The second kappa shape index (κ2) is 8.02. The van der Waals surface area contributed by atoms with E-state index < -0.39 is 10.0 Å². The van der Waals surface area contributed by atoms with Gasteiger partial charge in [-0.15, -0.1) is 0 Å². The second-order valence-corrected chi connectivity index (χ2v) is 9.51. The van der Waals surface area contributed by atoms with Crippen LogP contribution in [-0.2, 0) is 29.7 Å². The number of oxazole rings is 1. The third-order valence-electron chi connectivity index (χ3n) is 5.53. The van der Waals surface area contributed by atoms with Crippen LogP contribution in [0, 0.1) is 4.84 Å². The molecule has 0 atom stereocenters. The minimum Gasteiger partial charge on any atom is -0.429 e. The van der Waals surface area contributed by atoms with E-state index in [1.165, 1.54) is 15.4 Å². The lowest BCUT2D eigenvalue weighted by Gasteiger charge is -2.28. The predicted octanol–water partition coefficient (Wildman–Crippen LogP) is 4.01. The molecule has 3 aromatic rings. The van der Waals surface area contributed by atoms with Gasteiger partial charge in [0.2, 0.25) is 10.0 Å². The number of hydrogen-bond acceptors (Lipinski definition) is 5. The van der Waals surface area contributed by atoms with Gasteiger partial charge < -0.3 is 4.42 Å². The lowest BCUT2D eigenvalue weighted by Crippen LogP contribution is -2.32.